The highest BCUT2D eigenvalue weighted by molar-refractivity contribution is 7.92. The highest BCUT2D eigenvalue weighted by Crippen LogP contribution is 2.25. The first-order valence-corrected chi connectivity index (χ1v) is 7.48. The number of nitrogen functional groups attached to an aromatic ring is 1. The van der Waals surface area contributed by atoms with Crippen LogP contribution in [0.4, 0.5) is 17.1 Å². The summed E-state index contributed by atoms with van der Waals surface area (Å²) >= 11 is 5.81. The van der Waals surface area contributed by atoms with E-state index in [9.17, 15) is 18.5 Å². The van der Waals surface area contributed by atoms with E-state index in [2.05, 4.69) is 4.72 Å². The van der Waals surface area contributed by atoms with Crippen LogP contribution in [-0.4, -0.2) is 13.3 Å². The first kappa shape index (κ1) is 15.1. The third-order valence-corrected chi connectivity index (χ3v) is 4.34. The van der Waals surface area contributed by atoms with E-state index in [0.29, 0.717) is 5.69 Å². The predicted octanol–water partition coefficient (Wildman–Crippen LogP) is 2.63. The summed E-state index contributed by atoms with van der Waals surface area (Å²) in [7, 11) is -3.86. The summed E-state index contributed by atoms with van der Waals surface area (Å²) in [5.74, 6) is 0. The van der Waals surface area contributed by atoms with Crippen molar-refractivity contribution in [2.24, 2.45) is 0 Å². The number of rotatable bonds is 4. The number of nitro benzene ring substituents is 1. The molecule has 0 amide bonds. The Hall–Kier alpha value is -2.32. The van der Waals surface area contributed by atoms with Gasteiger partial charge in [-0.1, -0.05) is 11.6 Å². The number of halogens is 1. The van der Waals surface area contributed by atoms with Gasteiger partial charge in [0.25, 0.3) is 15.7 Å². The summed E-state index contributed by atoms with van der Waals surface area (Å²) in [5.41, 5.74) is 5.92. The Balaban J connectivity index is 2.29. The summed E-state index contributed by atoms with van der Waals surface area (Å²) < 4.78 is 26.6. The van der Waals surface area contributed by atoms with E-state index in [1.54, 1.807) is 0 Å². The zero-order chi connectivity index (χ0) is 15.6. The fourth-order valence-electron chi connectivity index (χ4n) is 1.55. The quantitative estimate of drug-likeness (QED) is 0.508. The van der Waals surface area contributed by atoms with Crippen molar-refractivity contribution in [3.63, 3.8) is 0 Å². The van der Waals surface area contributed by atoms with Gasteiger partial charge in [-0.05, 0) is 30.3 Å². The molecule has 0 saturated heterocycles. The van der Waals surface area contributed by atoms with Crippen LogP contribution in [-0.2, 0) is 10.0 Å². The minimum absolute atomic E-state index is 0.0963. The minimum Gasteiger partial charge on any atom is -0.398 e. The van der Waals surface area contributed by atoms with Gasteiger partial charge in [-0.2, -0.15) is 0 Å². The van der Waals surface area contributed by atoms with Crippen LogP contribution in [0.3, 0.4) is 0 Å². The zero-order valence-corrected chi connectivity index (χ0v) is 12.1. The van der Waals surface area contributed by atoms with Crippen molar-refractivity contribution in [3.05, 3.63) is 57.6 Å². The molecule has 9 heteroatoms. The molecule has 0 aliphatic heterocycles. The fourth-order valence-corrected chi connectivity index (χ4v) is 2.78. The SMILES string of the molecule is Nc1ccc(NS(=O)(=O)c2ccc([N+](=O)[O-])cc2)cc1Cl. The molecule has 0 saturated carbocycles. The number of sulfonamides is 1. The third-order valence-electron chi connectivity index (χ3n) is 2.61. The summed E-state index contributed by atoms with van der Waals surface area (Å²) in [6.45, 7) is 0. The minimum atomic E-state index is -3.86. The van der Waals surface area contributed by atoms with Crippen molar-refractivity contribution in [1.82, 2.24) is 0 Å². The lowest BCUT2D eigenvalue weighted by molar-refractivity contribution is -0.384. The molecule has 0 aliphatic rings. The van der Waals surface area contributed by atoms with Crippen LogP contribution in [0.1, 0.15) is 0 Å². The van der Waals surface area contributed by atoms with Crippen molar-refractivity contribution in [2.75, 3.05) is 10.5 Å². The maximum absolute atomic E-state index is 12.1. The Labute approximate surface area is 125 Å². The van der Waals surface area contributed by atoms with E-state index in [0.717, 1.165) is 24.3 Å². The molecule has 0 radical (unpaired) electrons. The molecule has 2 rings (SSSR count). The molecule has 0 spiro atoms. The van der Waals surface area contributed by atoms with Gasteiger partial charge in [0.1, 0.15) is 0 Å². The van der Waals surface area contributed by atoms with E-state index in [1.807, 2.05) is 0 Å². The van der Waals surface area contributed by atoms with Gasteiger partial charge in [0, 0.05) is 12.1 Å². The molecule has 0 bridgehead atoms. The number of non-ortho nitro benzene ring substituents is 1. The molecule has 7 nitrogen and oxygen atoms in total. The van der Waals surface area contributed by atoms with E-state index < -0.39 is 14.9 Å². The van der Waals surface area contributed by atoms with Gasteiger partial charge in [0.15, 0.2) is 0 Å². The van der Waals surface area contributed by atoms with Crippen LogP contribution in [0.5, 0.6) is 0 Å². The van der Waals surface area contributed by atoms with E-state index in [4.69, 9.17) is 17.3 Å². The average molecular weight is 328 g/mol. The number of nitro groups is 1. The standard InChI is InChI=1S/C12H10ClN3O4S/c13-11-7-8(1-6-12(11)14)15-21(19,20)10-4-2-9(3-5-10)16(17)18/h1-7,15H,14H2. The zero-order valence-electron chi connectivity index (χ0n) is 10.5. The van der Waals surface area contributed by atoms with Gasteiger partial charge in [0.05, 0.1) is 26.2 Å². The maximum Gasteiger partial charge on any atom is 0.269 e. The maximum atomic E-state index is 12.1. The van der Waals surface area contributed by atoms with Crippen molar-refractivity contribution in [2.45, 2.75) is 4.90 Å². The summed E-state index contributed by atoms with van der Waals surface area (Å²) in [6, 6.07) is 8.84. The van der Waals surface area contributed by atoms with Crippen LogP contribution in [0.15, 0.2) is 47.4 Å². The molecule has 21 heavy (non-hydrogen) atoms. The van der Waals surface area contributed by atoms with E-state index >= 15 is 0 Å². The topological polar surface area (TPSA) is 115 Å². The van der Waals surface area contributed by atoms with E-state index in [1.165, 1.54) is 18.2 Å². The summed E-state index contributed by atoms with van der Waals surface area (Å²) in [4.78, 5) is 9.83. The lowest BCUT2D eigenvalue weighted by atomic mass is 10.3. The lowest BCUT2D eigenvalue weighted by Crippen LogP contribution is -2.13. The first-order chi connectivity index (χ1) is 9.79. The molecular formula is C12H10ClN3O4S. The van der Waals surface area contributed by atoms with Crippen LogP contribution in [0.2, 0.25) is 5.02 Å². The number of nitrogens with zero attached hydrogens (tertiary/aromatic N) is 1. The van der Waals surface area contributed by atoms with Gasteiger partial charge in [-0.3, -0.25) is 14.8 Å². The second kappa shape index (κ2) is 5.58. The largest absolute Gasteiger partial charge is 0.398 e. The number of hydrogen-bond donors (Lipinski definition) is 2. The Morgan fingerprint density at radius 3 is 2.29 bits per heavy atom. The van der Waals surface area contributed by atoms with Crippen molar-refractivity contribution >= 4 is 38.7 Å². The van der Waals surface area contributed by atoms with Gasteiger partial charge < -0.3 is 5.73 Å². The number of benzene rings is 2. The first-order valence-electron chi connectivity index (χ1n) is 5.62. The Bertz CT molecular complexity index is 791. The fraction of sp³-hybridized carbons (Fsp3) is 0. The molecule has 0 unspecified atom stereocenters. The normalized spacial score (nSPS) is 11.1. The molecule has 0 atom stereocenters. The third kappa shape index (κ3) is 3.41. The summed E-state index contributed by atoms with van der Waals surface area (Å²) in [5, 5.41) is 10.8. The lowest BCUT2D eigenvalue weighted by Gasteiger charge is -2.09. The second-order valence-electron chi connectivity index (χ2n) is 4.09. The Morgan fingerprint density at radius 1 is 1.14 bits per heavy atom. The number of hydrogen-bond acceptors (Lipinski definition) is 5. The van der Waals surface area contributed by atoms with Gasteiger partial charge in [0.2, 0.25) is 0 Å². The molecule has 2 aromatic carbocycles. The predicted molar refractivity (Wildman–Crippen MR) is 79.8 cm³/mol. The highest BCUT2D eigenvalue weighted by Gasteiger charge is 2.16. The van der Waals surface area contributed by atoms with Crippen molar-refractivity contribution < 1.29 is 13.3 Å². The van der Waals surface area contributed by atoms with Crippen LogP contribution in [0.25, 0.3) is 0 Å². The number of nitrogens with two attached hydrogens (primary N) is 1. The van der Waals surface area contributed by atoms with E-state index in [-0.39, 0.29) is 21.3 Å². The Morgan fingerprint density at radius 2 is 1.76 bits per heavy atom. The van der Waals surface area contributed by atoms with Gasteiger partial charge >= 0.3 is 0 Å². The molecule has 2 aromatic rings. The van der Waals surface area contributed by atoms with Crippen LogP contribution < -0.4 is 10.5 Å². The van der Waals surface area contributed by atoms with Crippen molar-refractivity contribution in [1.29, 1.82) is 0 Å². The number of nitrogens with one attached hydrogen (secondary N) is 1. The molecule has 0 fully saturated rings. The smallest absolute Gasteiger partial charge is 0.269 e. The molecular weight excluding hydrogens is 318 g/mol. The highest BCUT2D eigenvalue weighted by atomic mass is 35.5. The Kier molecular flexibility index (Phi) is 4.01. The second-order valence-corrected chi connectivity index (χ2v) is 6.18. The van der Waals surface area contributed by atoms with Gasteiger partial charge in [-0.15, -0.1) is 0 Å². The van der Waals surface area contributed by atoms with Crippen LogP contribution >= 0.6 is 11.6 Å². The molecule has 110 valence electrons. The average Bonchev–Trinajstić information content (AvgIpc) is 2.43. The summed E-state index contributed by atoms with van der Waals surface area (Å²) in [6.07, 6.45) is 0. The molecule has 3 N–H and O–H groups in total. The van der Waals surface area contributed by atoms with Crippen molar-refractivity contribution in [3.8, 4) is 0 Å². The number of anilines is 2. The molecule has 0 aliphatic carbocycles. The molecule has 0 heterocycles. The van der Waals surface area contributed by atoms with Gasteiger partial charge in [-0.25, -0.2) is 8.42 Å². The molecule has 0 aromatic heterocycles. The van der Waals surface area contributed by atoms with Crippen LogP contribution in [0, 0.1) is 10.1 Å². The monoisotopic (exact) mass is 327 g/mol.